The molecule has 1 aliphatic heterocycles. The number of carbonyl (C=O) groups excluding carboxylic acids is 1. The Bertz CT molecular complexity index is 1270. The number of nitrogens with zero attached hydrogens (tertiary/aromatic N) is 3. The van der Waals surface area contributed by atoms with E-state index in [1.807, 2.05) is 36.4 Å². The summed E-state index contributed by atoms with van der Waals surface area (Å²) < 4.78 is 7.14. The highest BCUT2D eigenvalue weighted by Crippen LogP contribution is 2.22. The molecule has 3 aromatic rings. The number of hydrogen-bond acceptors (Lipinski definition) is 6. The van der Waals surface area contributed by atoms with E-state index in [1.54, 1.807) is 18.3 Å². The third kappa shape index (κ3) is 8.72. The molecular weight excluding hydrogens is 528 g/mol. The van der Waals surface area contributed by atoms with Crippen molar-refractivity contribution < 1.29 is 9.53 Å². The zero-order valence-corrected chi connectivity index (χ0v) is 23.9. The summed E-state index contributed by atoms with van der Waals surface area (Å²) in [6.07, 6.45) is 8.64. The minimum absolute atomic E-state index is 0.189. The lowest BCUT2D eigenvalue weighted by molar-refractivity contribution is 0.262. The van der Waals surface area contributed by atoms with Crippen LogP contribution in [0, 0.1) is 0 Å². The van der Waals surface area contributed by atoms with Crippen LogP contribution < -0.4 is 31.1 Å². The monoisotopic (exact) mass is 566 g/mol. The summed E-state index contributed by atoms with van der Waals surface area (Å²) in [6.45, 7) is 6.60. The number of urea groups is 1. The van der Waals surface area contributed by atoms with Gasteiger partial charge in [-0.05, 0) is 61.3 Å². The normalized spacial score (nSPS) is 13.5. The van der Waals surface area contributed by atoms with E-state index in [0.29, 0.717) is 23.7 Å². The lowest BCUT2D eigenvalue weighted by Crippen LogP contribution is -2.32. The van der Waals surface area contributed by atoms with Gasteiger partial charge in [-0.2, -0.15) is 5.10 Å². The molecule has 4 rings (SSSR count). The fraction of sp³-hybridized carbons (Fsp3) is 0.433. The Morgan fingerprint density at radius 2 is 1.68 bits per heavy atom. The van der Waals surface area contributed by atoms with Crippen LogP contribution in [0.4, 0.5) is 21.9 Å². The molecule has 2 amide bonds. The smallest absolute Gasteiger partial charge is 0.323 e. The lowest BCUT2D eigenvalue weighted by Gasteiger charge is -2.23. The van der Waals surface area contributed by atoms with Crippen LogP contribution in [0.5, 0.6) is 5.75 Å². The summed E-state index contributed by atoms with van der Waals surface area (Å²) in [5, 5.41) is 13.6. The first kappa shape index (κ1) is 29.4. The van der Waals surface area contributed by atoms with E-state index in [2.05, 4.69) is 32.9 Å². The second kappa shape index (κ2) is 15.3. The van der Waals surface area contributed by atoms with Crippen molar-refractivity contribution in [3.05, 3.63) is 75.7 Å². The van der Waals surface area contributed by atoms with Gasteiger partial charge in [0.2, 0.25) is 0 Å². The minimum Gasteiger partial charge on any atom is -0.494 e. The number of carbonyl (C=O) groups is 1. The molecule has 2 heterocycles. The topological polar surface area (TPSA) is 101 Å². The Kier molecular flexibility index (Phi) is 11.2. The molecule has 0 spiro atoms. The van der Waals surface area contributed by atoms with Gasteiger partial charge in [0, 0.05) is 31.0 Å². The molecule has 0 unspecified atom stereocenters. The fourth-order valence-electron chi connectivity index (χ4n) is 4.57. The molecule has 1 fully saturated rings. The molecule has 0 bridgehead atoms. The van der Waals surface area contributed by atoms with E-state index in [-0.39, 0.29) is 23.2 Å². The number of hydrogen-bond donors (Lipinski definition) is 3. The number of rotatable bonds is 12. The molecule has 40 heavy (non-hydrogen) atoms. The Balaban J connectivity index is 1.25. The second-order valence-corrected chi connectivity index (χ2v) is 10.3. The second-order valence-electron chi connectivity index (χ2n) is 9.96. The van der Waals surface area contributed by atoms with Gasteiger partial charge in [0.15, 0.2) is 0 Å². The van der Waals surface area contributed by atoms with Gasteiger partial charge in [0.25, 0.3) is 5.56 Å². The van der Waals surface area contributed by atoms with Gasteiger partial charge < -0.3 is 25.6 Å². The Morgan fingerprint density at radius 1 is 0.975 bits per heavy atom. The van der Waals surface area contributed by atoms with Crippen LogP contribution in [-0.4, -0.2) is 48.6 Å². The van der Waals surface area contributed by atoms with Crippen molar-refractivity contribution in [3.8, 4) is 5.75 Å². The highest BCUT2D eigenvalue weighted by Gasteiger charge is 2.17. The number of amides is 2. The lowest BCUT2D eigenvalue weighted by atomic mass is 10.2. The van der Waals surface area contributed by atoms with Crippen molar-refractivity contribution in [2.24, 2.45) is 0 Å². The number of halogens is 1. The largest absolute Gasteiger partial charge is 0.494 e. The molecule has 0 saturated carbocycles. The van der Waals surface area contributed by atoms with Crippen LogP contribution in [0.2, 0.25) is 5.02 Å². The summed E-state index contributed by atoms with van der Waals surface area (Å²) >= 11 is 6.46. The van der Waals surface area contributed by atoms with Gasteiger partial charge in [0.05, 0.1) is 25.0 Å². The number of ether oxygens (including phenoxy) is 1. The van der Waals surface area contributed by atoms with Crippen molar-refractivity contribution in [1.29, 1.82) is 0 Å². The maximum Gasteiger partial charge on any atom is 0.323 e. The number of unbranched alkanes of at least 4 members (excludes halogenated alkanes) is 4. The standard InChI is InChI=1S/C30H39ClN6O3/c1-2-3-4-5-6-20-40-26-14-12-25(13-15-26)35-30(39)34-24-10-8-23(9-11-24)22-37-29(38)28(31)27(21-33-37)36-18-7-16-32-17-19-36/h8-15,21,32H,2-7,16-20,22H2,1H3,(H2,34,35,39). The minimum atomic E-state index is -0.346. The van der Waals surface area contributed by atoms with Gasteiger partial charge in [-0.3, -0.25) is 4.79 Å². The van der Waals surface area contributed by atoms with Crippen LogP contribution in [0.3, 0.4) is 0 Å². The van der Waals surface area contributed by atoms with Crippen LogP contribution in [-0.2, 0) is 6.54 Å². The highest BCUT2D eigenvalue weighted by atomic mass is 35.5. The van der Waals surface area contributed by atoms with Crippen LogP contribution in [0.1, 0.15) is 51.0 Å². The first-order valence-corrected chi connectivity index (χ1v) is 14.5. The van der Waals surface area contributed by atoms with E-state index < -0.39 is 0 Å². The van der Waals surface area contributed by atoms with Crippen molar-refractivity contribution in [2.45, 2.75) is 52.0 Å². The van der Waals surface area contributed by atoms with Crippen LogP contribution >= 0.6 is 11.6 Å². The number of nitrogens with one attached hydrogen (secondary N) is 3. The molecule has 10 heteroatoms. The van der Waals surface area contributed by atoms with E-state index in [9.17, 15) is 9.59 Å². The molecule has 214 valence electrons. The average Bonchev–Trinajstić information content (AvgIpc) is 3.25. The predicted octanol–water partition coefficient (Wildman–Crippen LogP) is 5.74. The molecule has 0 radical (unpaired) electrons. The first-order valence-electron chi connectivity index (χ1n) is 14.1. The van der Waals surface area contributed by atoms with Crippen LogP contribution in [0.15, 0.2) is 59.5 Å². The molecule has 0 atom stereocenters. The summed E-state index contributed by atoms with van der Waals surface area (Å²) in [6, 6.07) is 14.3. The van der Waals surface area contributed by atoms with Crippen molar-refractivity contribution in [1.82, 2.24) is 15.1 Å². The molecule has 1 saturated heterocycles. The summed E-state index contributed by atoms with van der Waals surface area (Å²) in [5.41, 5.74) is 2.53. The third-order valence-corrected chi connectivity index (χ3v) is 7.18. The predicted molar refractivity (Wildman–Crippen MR) is 162 cm³/mol. The van der Waals surface area contributed by atoms with Gasteiger partial charge in [-0.15, -0.1) is 0 Å². The van der Waals surface area contributed by atoms with Crippen LogP contribution in [0.25, 0.3) is 0 Å². The van der Waals surface area contributed by atoms with E-state index >= 15 is 0 Å². The Labute approximate surface area is 240 Å². The number of benzene rings is 2. The van der Waals surface area contributed by atoms with Gasteiger partial charge in [-0.25, -0.2) is 9.48 Å². The quantitative estimate of drug-likeness (QED) is 0.242. The maximum absolute atomic E-state index is 12.9. The zero-order valence-electron chi connectivity index (χ0n) is 23.1. The number of anilines is 3. The third-order valence-electron chi connectivity index (χ3n) is 6.82. The number of aromatic nitrogens is 2. The Hall–Kier alpha value is -3.56. The molecule has 1 aromatic heterocycles. The zero-order chi connectivity index (χ0) is 28.2. The van der Waals surface area contributed by atoms with E-state index in [0.717, 1.165) is 50.3 Å². The summed E-state index contributed by atoms with van der Waals surface area (Å²) in [4.78, 5) is 27.5. The molecule has 0 aliphatic carbocycles. The summed E-state index contributed by atoms with van der Waals surface area (Å²) in [5.74, 6) is 0.792. The maximum atomic E-state index is 12.9. The first-order chi connectivity index (χ1) is 19.5. The van der Waals surface area contributed by atoms with E-state index in [1.165, 1.54) is 30.4 Å². The molecule has 1 aliphatic rings. The molecule has 3 N–H and O–H groups in total. The molecular formula is C30H39ClN6O3. The Morgan fingerprint density at radius 3 is 2.40 bits per heavy atom. The molecule has 2 aromatic carbocycles. The molecule has 9 nitrogen and oxygen atoms in total. The van der Waals surface area contributed by atoms with E-state index in [4.69, 9.17) is 16.3 Å². The summed E-state index contributed by atoms with van der Waals surface area (Å²) in [7, 11) is 0. The van der Waals surface area contributed by atoms with Gasteiger partial charge in [-0.1, -0.05) is 56.3 Å². The highest BCUT2D eigenvalue weighted by molar-refractivity contribution is 6.33. The van der Waals surface area contributed by atoms with Gasteiger partial charge in [0.1, 0.15) is 10.8 Å². The van der Waals surface area contributed by atoms with Crippen molar-refractivity contribution in [2.75, 3.05) is 48.3 Å². The fourth-order valence-corrected chi connectivity index (χ4v) is 4.83. The van der Waals surface area contributed by atoms with Gasteiger partial charge >= 0.3 is 6.03 Å². The average molecular weight is 567 g/mol. The SMILES string of the molecule is CCCCCCCOc1ccc(NC(=O)Nc2ccc(Cn3ncc(N4CCCNCC4)c(Cl)c3=O)cc2)cc1. The van der Waals surface area contributed by atoms with Crippen molar-refractivity contribution in [3.63, 3.8) is 0 Å². The van der Waals surface area contributed by atoms with Crippen molar-refractivity contribution >= 4 is 34.7 Å².